The number of pyridine rings is 1. The lowest BCUT2D eigenvalue weighted by Gasteiger charge is -2.24. The molecule has 2 aromatic heterocycles. The molecule has 2 aromatic rings. The van der Waals surface area contributed by atoms with Crippen LogP contribution in [-0.2, 0) is 0 Å². The highest BCUT2D eigenvalue weighted by molar-refractivity contribution is 6.00. The Balaban J connectivity index is 1.80. The fourth-order valence-corrected chi connectivity index (χ4v) is 1.78. The highest BCUT2D eigenvalue weighted by atomic mass is 16.3. The third kappa shape index (κ3) is 1.98. The fraction of sp³-hybridized carbons (Fsp3) is 0.0769. The van der Waals surface area contributed by atoms with Crippen molar-refractivity contribution < 1.29 is 9.21 Å². The van der Waals surface area contributed by atoms with E-state index in [9.17, 15) is 4.79 Å². The molecule has 18 heavy (non-hydrogen) atoms. The van der Waals surface area contributed by atoms with Gasteiger partial charge in [0.2, 0.25) is 0 Å². The highest BCUT2D eigenvalue weighted by Gasteiger charge is 2.22. The third-order valence-corrected chi connectivity index (χ3v) is 2.63. The van der Waals surface area contributed by atoms with Gasteiger partial charge in [0, 0.05) is 6.20 Å². The normalized spacial score (nSPS) is 18.2. The Morgan fingerprint density at radius 2 is 2.22 bits per heavy atom. The summed E-state index contributed by atoms with van der Waals surface area (Å²) in [5.41, 5.74) is 0.556. The average Bonchev–Trinajstić information content (AvgIpc) is 2.90. The third-order valence-electron chi connectivity index (χ3n) is 2.63. The number of fused-ring (bicyclic) bond motifs is 1. The van der Waals surface area contributed by atoms with Crippen molar-refractivity contribution in [2.45, 2.75) is 6.17 Å². The molecular formula is C13H11N3O2. The van der Waals surface area contributed by atoms with E-state index in [0.717, 1.165) is 5.76 Å². The molecule has 3 rings (SSSR count). The zero-order valence-electron chi connectivity index (χ0n) is 9.46. The van der Waals surface area contributed by atoms with Gasteiger partial charge in [0.25, 0.3) is 5.91 Å². The molecule has 0 fully saturated rings. The molecule has 2 N–H and O–H groups in total. The van der Waals surface area contributed by atoms with Gasteiger partial charge in [-0.1, -0.05) is 0 Å². The van der Waals surface area contributed by atoms with Crippen molar-refractivity contribution >= 4 is 17.8 Å². The second kappa shape index (κ2) is 4.37. The van der Waals surface area contributed by atoms with Gasteiger partial charge in [-0.2, -0.15) is 0 Å². The molecule has 1 unspecified atom stereocenters. The molecule has 0 spiro atoms. The first-order valence-corrected chi connectivity index (χ1v) is 5.57. The number of carbonyl (C=O) groups is 1. The molecule has 1 aliphatic rings. The summed E-state index contributed by atoms with van der Waals surface area (Å²) in [5, 5.41) is 5.93. The smallest absolute Gasteiger partial charge is 0.256 e. The number of hydrogen-bond donors (Lipinski definition) is 2. The topological polar surface area (TPSA) is 67.2 Å². The van der Waals surface area contributed by atoms with E-state index >= 15 is 0 Å². The number of furan rings is 1. The van der Waals surface area contributed by atoms with Gasteiger partial charge in [0.15, 0.2) is 0 Å². The number of aromatic nitrogens is 1. The predicted octanol–water partition coefficient (Wildman–Crippen LogP) is 1.87. The molecule has 1 atom stereocenters. The van der Waals surface area contributed by atoms with Crippen LogP contribution in [-0.4, -0.2) is 17.1 Å². The van der Waals surface area contributed by atoms with E-state index in [1.807, 2.05) is 18.2 Å². The first-order valence-electron chi connectivity index (χ1n) is 5.57. The molecule has 0 radical (unpaired) electrons. The van der Waals surface area contributed by atoms with Crippen LogP contribution in [0.5, 0.6) is 0 Å². The molecule has 0 bridgehead atoms. The average molecular weight is 241 g/mol. The minimum atomic E-state index is -0.287. The fourth-order valence-electron chi connectivity index (χ4n) is 1.78. The van der Waals surface area contributed by atoms with E-state index in [0.29, 0.717) is 11.4 Å². The lowest BCUT2D eigenvalue weighted by Crippen LogP contribution is -2.44. The Kier molecular flexibility index (Phi) is 2.57. The van der Waals surface area contributed by atoms with E-state index < -0.39 is 0 Å². The summed E-state index contributed by atoms with van der Waals surface area (Å²) in [4.78, 5) is 15.9. The van der Waals surface area contributed by atoms with Crippen molar-refractivity contribution in [3.8, 4) is 0 Å². The monoisotopic (exact) mass is 241 g/mol. The van der Waals surface area contributed by atoms with Crippen LogP contribution in [0, 0.1) is 0 Å². The lowest BCUT2D eigenvalue weighted by molar-refractivity contribution is 0.0942. The predicted molar refractivity (Wildman–Crippen MR) is 66.9 cm³/mol. The highest BCUT2D eigenvalue weighted by Crippen LogP contribution is 2.17. The Bertz CT molecular complexity index is 590. The number of carbonyl (C=O) groups excluding carboxylic acids is 1. The van der Waals surface area contributed by atoms with Crippen molar-refractivity contribution in [1.82, 2.24) is 10.3 Å². The molecule has 1 aliphatic heterocycles. The lowest BCUT2D eigenvalue weighted by atomic mass is 10.2. The van der Waals surface area contributed by atoms with E-state index in [2.05, 4.69) is 15.6 Å². The Morgan fingerprint density at radius 1 is 1.28 bits per heavy atom. The molecule has 5 heteroatoms. The minimum absolute atomic E-state index is 0.133. The van der Waals surface area contributed by atoms with Crippen LogP contribution in [0.15, 0.2) is 47.2 Å². The van der Waals surface area contributed by atoms with E-state index in [1.54, 1.807) is 30.7 Å². The number of anilines is 1. The van der Waals surface area contributed by atoms with Crippen molar-refractivity contribution in [1.29, 1.82) is 0 Å². The Morgan fingerprint density at radius 3 is 3.06 bits per heavy atom. The largest absolute Gasteiger partial charge is 0.465 e. The number of hydrogen-bond acceptors (Lipinski definition) is 4. The summed E-state index contributed by atoms with van der Waals surface area (Å²) >= 11 is 0. The zero-order chi connectivity index (χ0) is 12.4. The van der Waals surface area contributed by atoms with Crippen LogP contribution >= 0.6 is 0 Å². The first-order chi connectivity index (χ1) is 8.83. The van der Waals surface area contributed by atoms with Gasteiger partial charge in [0.05, 0.1) is 11.8 Å². The van der Waals surface area contributed by atoms with Gasteiger partial charge in [-0.3, -0.25) is 4.79 Å². The van der Waals surface area contributed by atoms with Crippen LogP contribution in [0.3, 0.4) is 0 Å². The number of nitrogens with one attached hydrogen (secondary N) is 2. The van der Waals surface area contributed by atoms with Crippen molar-refractivity contribution in [2.24, 2.45) is 0 Å². The molecule has 1 amide bonds. The number of rotatable bonds is 2. The summed E-state index contributed by atoms with van der Waals surface area (Å²) in [5.74, 6) is 1.19. The Hall–Kier alpha value is -2.56. The van der Waals surface area contributed by atoms with E-state index in [-0.39, 0.29) is 12.1 Å². The molecule has 0 saturated heterocycles. The summed E-state index contributed by atoms with van der Waals surface area (Å²) < 4.78 is 5.18. The molecule has 0 saturated carbocycles. The summed E-state index contributed by atoms with van der Waals surface area (Å²) in [6, 6.07) is 7.12. The van der Waals surface area contributed by atoms with Gasteiger partial charge in [-0.25, -0.2) is 4.98 Å². The van der Waals surface area contributed by atoms with Crippen LogP contribution in [0.4, 0.5) is 5.82 Å². The maximum absolute atomic E-state index is 11.8. The minimum Gasteiger partial charge on any atom is -0.465 e. The van der Waals surface area contributed by atoms with Crippen LogP contribution in [0.2, 0.25) is 0 Å². The summed E-state index contributed by atoms with van der Waals surface area (Å²) in [7, 11) is 0. The van der Waals surface area contributed by atoms with Crippen molar-refractivity contribution in [3.63, 3.8) is 0 Å². The quantitative estimate of drug-likeness (QED) is 0.842. The van der Waals surface area contributed by atoms with Gasteiger partial charge in [-0.15, -0.1) is 0 Å². The SMILES string of the molecule is O=C1NC(/C=C/c2ccco2)Nc2ncccc21. The maximum atomic E-state index is 11.8. The number of nitrogens with zero attached hydrogens (tertiary/aromatic N) is 1. The van der Waals surface area contributed by atoms with Crippen LogP contribution in [0.25, 0.3) is 6.08 Å². The van der Waals surface area contributed by atoms with Gasteiger partial charge in [0.1, 0.15) is 17.7 Å². The van der Waals surface area contributed by atoms with E-state index in [4.69, 9.17) is 4.42 Å². The Labute approximate surface area is 104 Å². The second-order valence-electron chi connectivity index (χ2n) is 3.87. The van der Waals surface area contributed by atoms with Gasteiger partial charge in [-0.05, 0) is 36.4 Å². The molecule has 0 aliphatic carbocycles. The van der Waals surface area contributed by atoms with Gasteiger partial charge >= 0.3 is 0 Å². The van der Waals surface area contributed by atoms with Crippen molar-refractivity contribution in [3.05, 3.63) is 54.1 Å². The van der Waals surface area contributed by atoms with Crippen molar-refractivity contribution in [2.75, 3.05) is 5.32 Å². The van der Waals surface area contributed by atoms with Crippen LogP contribution in [0.1, 0.15) is 16.1 Å². The summed E-state index contributed by atoms with van der Waals surface area (Å²) in [6.07, 6.45) is 6.58. The maximum Gasteiger partial charge on any atom is 0.256 e. The molecule has 5 nitrogen and oxygen atoms in total. The zero-order valence-corrected chi connectivity index (χ0v) is 9.46. The number of amides is 1. The molecular weight excluding hydrogens is 230 g/mol. The summed E-state index contributed by atoms with van der Waals surface area (Å²) in [6.45, 7) is 0. The van der Waals surface area contributed by atoms with Gasteiger partial charge < -0.3 is 15.1 Å². The molecule has 0 aromatic carbocycles. The first kappa shape index (κ1) is 10.6. The molecule has 90 valence electrons. The standard InChI is InChI=1S/C13H11N3O2/c17-13-10-4-1-7-14-12(10)15-11(16-13)6-5-9-3-2-8-18-9/h1-8,11H,(H,14,15)(H,16,17)/b6-5+. The van der Waals surface area contributed by atoms with E-state index in [1.165, 1.54) is 0 Å². The van der Waals surface area contributed by atoms with Crippen LogP contribution < -0.4 is 10.6 Å². The molecule has 3 heterocycles. The second-order valence-corrected chi connectivity index (χ2v) is 3.87.